The van der Waals surface area contributed by atoms with E-state index in [0.29, 0.717) is 55.8 Å². The largest absolute Gasteiger partial charge is 0.492 e. The van der Waals surface area contributed by atoms with Crippen molar-refractivity contribution in [3.63, 3.8) is 0 Å². The number of benzene rings is 1. The summed E-state index contributed by atoms with van der Waals surface area (Å²) in [6.07, 6.45) is 10.3. The quantitative estimate of drug-likeness (QED) is 0.575. The van der Waals surface area contributed by atoms with Gasteiger partial charge in [0.1, 0.15) is 23.8 Å². The fourth-order valence-electron chi connectivity index (χ4n) is 5.96. The summed E-state index contributed by atoms with van der Waals surface area (Å²) in [4.78, 5) is 20.6. The average molecular weight is 503 g/mol. The second kappa shape index (κ2) is 10.0. The maximum atomic E-state index is 13.3. The third-order valence-electron chi connectivity index (χ3n) is 7.97. The first kappa shape index (κ1) is 23.7. The Hall–Kier alpha value is -3.64. The Labute approximate surface area is 217 Å². The number of hydrogen-bond acceptors (Lipinski definition) is 7. The van der Waals surface area contributed by atoms with Crippen LogP contribution in [0.2, 0.25) is 0 Å². The molecule has 3 aliphatic heterocycles. The third-order valence-corrected chi connectivity index (χ3v) is 7.97. The van der Waals surface area contributed by atoms with Gasteiger partial charge < -0.3 is 34.9 Å². The van der Waals surface area contributed by atoms with Gasteiger partial charge in [-0.15, -0.1) is 0 Å². The fourth-order valence-corrected chi connectivity index (χ4v) is 5.96. The molecule has 1 saturated carbocycles. The predicted molar refractivity (Wildman–Crippen MR) is 142 cm³/mol. The molecular weight excluding hydrogens is 468 g/mol. The minimum Gasteiger partial charge on any atom is -0.492 e. The van der Waals surface area contributed by atoms with Gasteiger partial charge in [-0.3, -0.25) is 4.79 Å². The number of morpholine rings is 1. The summed E-state index contributed by atoms with van der Waals surface area (Å²) in [5.74, 6) is 1.62. The van der Waals surface area contributed by atoms with Gasteiger partial charge in [-0.25, -0.2) is 0 Å². The maximum Gasteiger partial charge on any atom is 0.257 e. The number of carbonyl (C=O) groups is 1. The molecular formula is C28H34N6O3. The molecule has 1 saturated heterocycles. The van der Waals surface area contributed by atoms with Crippen LogP contribution in [0.3, 0.4) is 0 Å². The molecule has 0 bridgehead atoms. The van der Waals surface area contributed by atoms with Crippen molar-refractivity contribution in [2.45, 2.75) is 50.7 Å². The Kier molecular flexibility index (Phi) is 6.43. The summed E-state index contributed by atoms with van der Waals surface area (Å²) >= 11 is 0. The lowest BCUT2D eigenvalue weighted by atomic mass is 9.98. The van der Waals surface area contributed by atoms with Crippen LogP contribution in [0.25, 0.3) is 5.70 Å². The van der Waals surface area contributed by atoms with Gasteiger partial charge in [-0.05, 0) is 43.9 Å². The van der Waals surface area contributed by atoms with E-state index in [0.717, 1.165) is 54.0 Å². The molecule has 0 spiro atoms. The molecule has 3 N–H and O–H groups in total. The monoisotopic (exact) mass is 502 g/mol. The number of anilines is 2. The molecule has 2 aromatic rings. The lowest BCUT2D eigenvalue weighted by molar-refractivity contribution is 0.0300. The van der Waals surface area contributed by atoms with Crippen molar-refractivity contribution >= 4 is 23.1 Å². The van der Waals surface area contributed by atoms with Gasteiger partial charge in [-0.1, -0.05) is 12.8 Å². The number of nitrogens with zero attached hydrogens (tertiary/aromatic N) is 3. The van der Waals surface area contributed by atoms with Gasteiger partial charge in [0.05, 0.1) is 36.5 Å². The van der Waals surface area contributed by atoms with Crippen molar-refractivity contribution in [1.82, 2.24) is 15.2 Å². The minimum atomic E-state index is -0.145. The Balaban J connectivity index is 1.32. The van der Waals surface area contributed by atoms with Crippen LogP contribution < -0.4 is 20.3 Å². The average Bonchev–Trinajstić information content (AvgIpc) is 3.62. The molecule has 2 fully saturated rings. The normalized spacial score (nSPS) is 21.4. The Morgan fingerprint density at radius 1 is 1.14 bits per heavy atom. The summed E-state index contributed by atoms with van der Waals surface area (Å²) in [7, 11) is 2.02. The molecule has 1 aromatic heterocycles. The molecule has 1 aromatic carbocycles. The number of H-pyrrole nitrogens is 1. The fraction of sp³-hybridized carbons (Fsp3) is 0.500. The SMILES string of the molecule is CN1c2[nH]cc(C#N)c2C(NC2CCCC2)=CC1Nc1ccc(C(=O)N2CCOCC2)c2c1CCCO2. The van der Waals surface area contributed by atoms with Gasteiger partial charge in [0.2, 0.25) is 0 Å². The zero-order chi connectivity index (χ0) is 25.4. The van der Waals surface area contributed by atoms with Crippen LogP contribution in [0, 0.1) is 11.3 Å². The van der Waals surface area contributed by atoms with Gasteiger partial charge in [0.15, 0.2) is 0 Å². The molecule has 194 valence electrons. The van der Waals surface area contributed by atoms with E-state index in [1.807, 2.05) is 24.1 Å². The smallest absolute Gasteiger partial charge is 0.257 e. The van der Waals surface area contributed by atoms with Crippen molar-refractivity contribution in [1.29, 1.82) is 5.26 Å². The lowest BCUT2D eigenvalue weighted by Crippen LogP contribution is -2.42. The van der Waals surface area contributed by atoms with Crippen molar-refractivity contribution in [3.05, 3.63) is 46.7 Å². The summed E-state index contributed by atoms with van der Waals surface area (Å²) < 4.78 is 11.5. The van der Waals surface area contributed by atoms with E-state index in [4.69, 9.17) is 9.47 Å². The number of fused-ring (bicyclic) bond motifs is 2. The highest BCUT2D eigenvalue weighted by molar-refractivity contribution is 5.98. The van der Waals surface area contributed by atoms with E-state index in [-0.39, 0.29) is 12.1 Å². The predicted octanol–water partition coefficient (Wildman–Crippen LogP) is 3.44. The van der Waals surface area contributed by atoms with E-state index < -0.39 is 0 Å². The molecule has 9 heteroatoms. The van der Waals surface area contributed by atoms with Gasteiger partial charge >= 0.3 is 0 Å². The topological polar surface area (TPSA) is 106 Å². The molecule has 4 heterocycles. The van der Waals surface area contributed by atoms with E-state index in [1.165, 1.54) is 12.8 Å². The highest BCUT2D eigenvalue weighted by Crippen LogP contribution is 2.39. The number of amides is 1. The van der Waals surface area contributed by atoms with Crippen LogP contribution in [0.4, 0.5) is 11.5 Å². The van der Waals surface area contributed by atoms with E-state index >= 15 is 0 Å². The van der Waals surface area contributed by atoms with Crippen LogP contribution in [-0.2, 0) is 11.2 Å². The van der Waals surface area contributed by atoms with Crippen molar-refractivity contribution in [2.24, 2.45) is 0 Å². The maximum absolute atomic E-state index is 13.3. The first-order valence-corrected chi connectivity index (χ1v) is 13.4. The molecule has 0 radical (unpaired) electrons. The number of nitrogens with one attached hydrogen (secondary N) is 3. The van der Waals surface area contributed by atoms with Crippen molar-refractivity contribution < 1.29 is 14.3 Å². The number of aromatic amines is 1. The van der Waals surface area contributed by atoms with E-state index in [9.17, 15) is 10.1 Å². The Morgan fingerprint density at radius 3 is 2.73 bits per heavy atom. The van der Waals surface area contributed by atoms with Crippen LogP contribution in [0.1, 0.15) is 59.2 Å². The number of likely N-dealkylation sites (N-methyl/N-ethyl adjacent to an activating group) is 1. The molecule has 1 unspecified atom stereocenters. The lowest BCUT2D eigenvalue weighted by Gasteiger charge is -2.36. The summed E-state index contributed by atoms with van der Waals surface area (Å²) in [5.41, 5.74) is 5.23. The Bertz CT molecular complexity index is 1250. The first-order valence-electron chi connectivity index (χ1n) is 13.4. The number of aromatic nitrogens is 1. The van der Waals surface area contributed by atoms with Gasteiger partial charge in [0.25, 0.3) is 5.91 Å². The van der Waals surface area contributed by atoms with Gasteiger partial charge in [0, 0.05) is 49.3 Å². The number of nitriles is 1. The van der Waals surface area contributed by atoms with Crippen molar-refractivity contribution in [3.8, 4) is 11.8 Å². The van der Waals surface area contributed by atoms with E-state index in [2.05, 4.69) is 32.7 Å². The van der Waals surface area contributed by atoms with Crippen LogP contribution >= 0.6 is 0 Å². The third kappa shape index (κ3) is 4.40. The second-order valence-corrected chi connectivity index (χ2v) is 10.3. The van der Waals surface area contributed by atoms with Crippen LogP contribution in [0.15, 0.2) is 24.4 Å². The Morgan fingerprint density at radius 2 is 1.95 bits per heavy atom. The molecule has 1 amide bonds. The number of carbonyl (C=O) groups excluding carboxylic acids is 1. The second-order valence-electron chi connectivity index (χ2n) is 10.3. The zero-order valence-electron chi connectivity index (χ0n) is 21.3. The molecule has 1 atom stereocenters. The first-order chi connectivity index (χ1) is 18.1. The standard InChI is InChI=1S/C28H34N6O3/c1-33-24(15-23(31-19-5-2-3-6-19)25-18(16-29)17-30-27(25)33)32-22-9-8-21(26-20(22)7-4-12-37-26)28(35)34-10-13-36-14-11-34/h8-9,15,17,19,24,30-32H,2-7,10-14H2,1H3. The molecule has 9 nitrogen and oxygen atoms in total. The minimum absolute atomic E-state index is 0.00536. The number of rotatable bonds is 5. The number of hydrogen-bond donors (Lipinski definition) is 3. The highest BCUT2D eigenvalue weighted by atomic mass is 16.5. The summed E-state index contributed by atoms with van der Waals surface area (Å²) in [5, 5.41) is 17.2. The van der Waals surface area contributed by atoms with E-state index in [1.54, 1.807) is 6.20 Å². The molecule has 1 aliphatic carbocycles. The molecule has 6 rings (SSSR count). The summed E-state index contributed by atoms with van der Waals surface area (Å²) in [6, 6.07) is 6.67. The highest BCUT2D eigenvalue weighted by Gasteiger charge is 2.32. The van der Waals surface area contributed by atoms with Gasteiger partial charge in [-0.2, -0.15) is 5.26 Å². The summed E-state index contributed by atoms with van der Waals surface area (Å²) in [6.45, 7) is 2.96. The van der Waals surface area contributed by atoms with Crippen LogP contribution in [-0.4, -0.2) is 68.0 Å². The molecule has 37 heavy (non-hydrogen) atoms. The zero-order valence-corrected chi connectivity index (χ0v) is 21.3. The van der Waals surface area contributed by atoms with Crippen molar-refractivity contribution in [2.75, 3.05) is 50.2 Å². The van der Waals surface area contributed by atoms with Crippen LogP contribution in [0.5, 0.6) is 5.75 Å². The molecule has 4 aliphatic rings. The number of ether oxygens (including phenoxy) is 2.